The van der Waals surface area contributed by atoms with Crippen LogP contribution >= 0.6 is 0 Å². The Morgan fingerprint density at radius 3 is 2.50 bits per heavy atom. The van der Waals surface area contributed by atoms with E-state index in [-0.39, 0.29) is 30.3 Å². The molecule has 3 heterocycles. The minimum absolute atomic E-state index is 0.0576. The quantitative estimate of drug-likeness (QED) is 0.336. The Hall–Kier alpha value is -4.06. The zero-order valence-corrected chi connectivity index (χ0v) is 21.3. The number of esters is 1. The molecular weight excluding hydrogens is 490 g/mol. The topological polar surface area (TPSA) is 144 Å². The molecule has 1 fully saturated rings. The van der Waals surface area contributed by atoms with Crippen molar-refractivity contribution in [2.75, 3.05) is 19.5 Å². The van der Waals surface area contributed by atoms with Gasteiger partial charge < -0.3 is 24.7 Å². The Bertz CT molecular complexity index is 1490. The molecule has 4 atom stereocenters. The summed E-state index contributed by atoms with van der Waals surface area (Å²) in [6, 6.07) is 18.4. The number of benzene rings is 2. The number of hydrogen-bond acceptors (Lipinski definition) is 9. The Labute approximate surface area is 218 Å². The molecule has 0 bridgehead atoms. The summed E-state index contributed by atoms with van der Waals surface area (Å²) < 4.78 is 26.4. The van der Waals surface area contributed by atoms with Crippen LogP contribution in [-0.2, 0) is 25.6 Å². The highest BCUT2D eigenvalue weighted by molar-refractivity contribution is 5.89. The Balaban J connectivity index is 1.52. The zero-order chi connectivity index (χ0) is 26.9. The van der Waals surface area contributed by atoms with Gasteiger partial charge in [-0.05, 0) is 31.5 Å². The summed E-state index contributed by atoms with van der Waals surface area (Å²) in [6.07, 6.45) is -0.123. The van der Waals surface area contributed by atoms with E-state index in [0.717, 1.165) is 5.56 Å². The second kappa shape index (κ2) is 10.0. The van der Waals surface area contributed by atoms with Crippen LogP contribution < -0.4 is 11.3 Å². The molecule has 11 nitrogen and oxygen atoms in total. The summed E-state index contributed by atoms with van der Waals surface area (Å²) in [5.74, 6) is -0.549. The molecule has 1 aliphatic heterocycles. The average molecular weight is 520 g/mol. The van der Waals surface area contributed by atoms with Crippen molar-refractivity contribution in [3.8, 4) is 0 Å². The summed E-state index contributed by atoms with van der Waals surface area (Å²) in [4.78, 5) is 36.2. The molecule has 4 unspecified atom stereocenters. The number of rotatable bonds is 8. The van der Waals surface area contributed by atoms with Gasteiger partial charge in [0.25, 0.3) is 5.56 Å². The maximum Gasteiger partial charge on any atom is 0.338 e. The van der Waals surface area contributed by atoms with E-state index < -0.39 is 35.1 Å². The lowest BCUT2D eigenvalue weighted by Gasteiger charge is -2.36. The lowest BCUT2D eigenvalue weighted by Crippen LogP contribution is -2.52. The largest absolute Gasteiger partial charge is 0.459 e. The monoisotopic (exact) mass is 519 g/mol. The number of aromatic nitrogens is 4. The van der Waals surface area contributed by atoms with Crippen molar-refractivity contribution in [2.45, 2.75) is 44.0 Å². The number of hydrogen-bond donors (Lipinski definition) is 2. The van der Waals surface area contributed by atoms with Crippen LogP contribution in [0.15, 0.2) is 71.8 Å². The molecule has 4 aromatic rings. The molecular formula is C27H29N5O6. The molecule has 0 spiro atoms. The number of carbonyl (C=O) groups is 1. The van der Waals surface area contributed by atoms with Crippen molar-refractivity contribution in [1.29, 1.82) is 0 Å². The maximum atomic E-state index is 12.8. The van der Waals surface area contributed by atoms with E-state index in [0.29, 0.717) is 5.56 Å². The van der Waals surface area contributed by atoms with Crippen LogP contribution in [0.1, 0.15) is 36.0 Å². The number of anilines is 1. The number of nitrogens with two attached hydrogens (primary N) is 1. The van der Waals surface area contributed by atoms with Gasteiger partial charge in [-0.1, -0.05) is 48.5 Å². The third-order valence-electron chi connectivity index (χ3n) is 6.85. The number of fused-ring (bicyclic) bond motifs is 1. The highest BCUT2D eigenvalue weighted by atomic mass is 16.6. The van der Waals surface area contributed by atoms with E-state index >= 15 is 0 Å². The number of ether oxygens (including phenoxy) is 4. The number of nitrogen functional groups attached to an aromatic ring is 1. The number of nitrogens with one attached hydrogen (secondary N) is 1. The van der Waals surface area contributed by atoms with Crippen molar-refractivity contribution in [3.05, 3.63) is 88.5 Å². The van der Waals surface area contributed by atoms with Crippen LogP contribution in [0.2, 0.25) is 0 Å². The molecule has 11 heteroatoms. The SMILES string of the molecule is COC1(C)C(n2cnc3c(=O)[nH]c(N)nc32)OC(C)(COC(=O)c2ccccc2)C1OCc1ccccc1. The number of imidazole rings is 1. The number of H-pyrrole nitrogens is 1. The minimum Gasteiger partial charge on any atom is -0.459 e. The van der Waals surface area contributed by atoms with Crippen molar-refractivity contribution in [1.82, 2.24) is 19.5 Å². The summed E-state index contributed by atoms with van der Waals surface area (Å²) in [5.41, 5.74) is 4.78. The van der Waals surface area contributed by atoms with Gasteiger partial charge in [-0.2, -0.15) is 4.98 Å². The fourth-order valence-electron chi connectivity index (χ4n) is 4.90. The predicted octanol–water partition coefficient (Wildman–Crippen LogP) is 2.84. The van der Waals surface area contributed by atoms with E-state index in [9.17, 15) is 9.59 Å². The van der Waals surface area contributed by atoms with Crippen molar-refractivity contribution >= 4 is 23.1 Å². The molecule has 5 rings (SSSR count). The Kier molecular flexibility index (Phi) is 6.74. The molecule has 0 amide bonds. The first-order valence-electron chi connectivity index (χ1n) is 12.1. The molecule has 0 saturated carbocycles. The van der Waals surface area contributed by atoms with Crippen LogP contribution in [0.4, 0.5) is 5.95 Å². The Morgan fingerprint density at radius 2 is 1.82 bits per heavy atom. The number of nitrogens with zero attached hydrogens (tertiary/aromatic N) is 3. The van der Waals surface area contributed by atoms with E-state index in [1.54, 1.807) is 42.9 Å². The summed E-state index contributed by atoms with van der Waals surface area (Å²) in [7, 11) is 1.55. The predicted molar refractivity (Wildman–Crippen MR) is 138 cm³/mol. The number of aromatic amines is 1. The van der Waals surface area contributed by atoms with E-state index in [1.165, 1.54) is 6.33 Å². The fraction of sp³-hybridized carbons (Fsp3) is 0.333. The maximum absolute atomic E-state index is 12.8. The van der Waals surface area contributed by atoms with E-state index in [1.807, 2.05) is 43.3 Å². The van der Waals surface area contributed by atoms with Gasteiger partial charge in [0, 0.05) is 7.11 Å². The van der Waals surface area contributed by atoms with Crippen molar-refractivity contribution < 1.29 is 23.7 Å². The molecule has 1 aliphatic rings. The first kappa shape index (κ1) is 25.6. The molecule has 1 saturated heterocycles. The van der Waals surface area contributed by atoms with Crippen LogP contribution in [0, 0.1) is 0 Å². The van der Waals surface area contributed by atoms with E-state index in [2.05, 4.69) is 15.0 Å². The minimum atomic E-state index is -1.15. The molecule has 2 aromatic carbocycles. The molecule has 0 aliphatic carbocycles. The van der Waals surface area contributed by atoms with Gasteiger partial charge in [0.2, 0.25) is 5.95 Å². The van der Waals surface area contributed by atoms with Crippen LogP contribution in [0.3, 0.4) is 0 Å². The summed E-state index contributed by atoms with van der Waals surface area (Å²) in [5, 5.41) is 0. The van der Waals surface area contributed by atoms with Gasteiger partial charge in [0.1, 0.15) is 23.9 Å². The summed E-state index contributed by atoms with van der Waals surface area (Å²) >= 11 is 0. The van der Waals surface area contributed by atoms with Crippen LogP contribution in [-0.4, -0.2) is 56.5 Å². The second-order valence-corrected chi connectivity index (χ2v) is 9.56. The molecule has 0 radical (unpaired) electrons. The average Bonchev–Trinajstić information content (AvgIpc) is 3.44. The number of carbonyl (C=O) groups excluding carboxylic acids is 1. The van der Waals surface area contributed by atoms with Crippen LogP contribution in [0.5, 0.6) is 0 Å². The smallest absolute Gasteiger partial charge is 0.338 e. The lowest BCUT2D eigenvalue weighted by atomic mass is 9.88. The van der Waals surface area contributed by atoms with Crippen molar-refractivity contribution in [2.24, 2.45) is 0 Å². The lowest BCUT2D eigenvalue weighted by molar-refractivity contribution is -0.141. The Morgan fingerprint density at radius 1 is 1.13 bits per heavy atom. The first-order chi connectivity index (χ1) is 18.2. The molecule has 3 N–H and O–H groups in total. The third-order valence-corrected chi connectivity index (χ3v) is 6.85. The van der Waals surface area contributed by atoms with Gasteiger partial charge >= 0.3 is 5.97 Å². The van der Waals surface area contributed by atoms with Crippen LogP contribution in [0.25, 0.3) is 11.2 Å². The second-order valence-electron chi connectivity index (χ2n) is 9.56. The molecule has 198 valence electrons. The first-order valence-corrected chi connectivity index (χ1v) is 12.1. The van der Waals surface area contributed by atoms with Gasteiger partial charge in [0.05, 0.1) is 18.5 Å². The van der Waals surface area contributed by atoms with Gasteiger partial charge in [-0.25, -0.2) is 9.78 Å². The molecule has 38 heavy (non-hydrogen) atoms. The van der Waals surface area contributed by atoms with Gasteiger partial charge in [-0.3, -0.25) is 14.3 Å². The van der Waals surface area contributed by atoms with Gasteiger partial charge in [0.15, 0.2) is 17.4 Å². The third kappa shape index (κ3) is 4.55. The highest BCUT2D eigenvalue weighted by Crippen LogP contribution is 2.49. The van der Waals surface area contributed by atoms with Crippen molar-refractivity contribution in [3.63, 3.8) is 0 Å². The van der Waals surface area contributed by atoms with Gasteiger partial charge in [-0.15, -0.1) is 0 Å². The normalized spacial score (nSPS) is 25.0. The molecule has 2 aromatic heterocycles. The summed E-state index contributed by atoms with van der Waals surface area (Å²) in [6.45, 7) is 3.77. The number of methoxy groups -OCH3 is 1. The highest BCUT2D eigenvalue weighted by Gasteiger charge is 2.63. The zero-order valence-electron chi connectivity index (χ0n) is 21.3. The fourth-order valence-corrected chi connectivity index (χ4v) is 4.90. The standard InChI is InChI=1S/C27H29N5O6/c1-26(15-37-22(34)18-12-8-5-9-13-18)23(36-14-17-10-6-4-7-11-17)27(2,35-3)24(38-26)32-16-29-19-20(32)30-25(28)31-21(19)33/h4-13,16,23-24H,14-15H2,1-3H3,(H3,28,30,31,33). The van der Waals surface area contributed by atoms with E-state index in [4.69, 9.17) is 24.7 Å².